The van der Waals surface area contributed by atoms with Crippen molar-refractivity contribution in [2.75, 3.05) is 13.6 Å². The van der Waals surface area contributed by atoms with Crippen molar-refractivity contribution in [3.05, 3.63) is 0 Å². The highest BCUT2D eigenvalue weighted by atomic mass is 14.9. The summed E-state index contributed by atoms with van der Waals surface area (Å²) in [6.07, 6.45) is 7.05. The molecule has 3 atom stereocenters. The Labute approximate surface area is 89.7 Å². The highest BCUT2D eigenvalue weighted by Gasteiger charge is 2.51. The Morgan fingerprint density at radius 1 is 1.43 bits per heavy atom. The van der Waals surface area contributed by atoms with Gasteiger partial charge in [-0.3, -0.25) is 0 Å². The maximum atomic E-state index is 3.36. The van der Waals surface area contributed by atoms with E-state index in [4.69, 9.17) is 0 Å². The van der Waals surface area contributed by atoms with Crippen LogP contribution < -0.4 is 5.32 Å². The van der Waals surface area contributed by atoms with E-state index in [1.54, 1.807) is 0 Å². The summed E-state index contributed by atoms with van der Waals surface area (Å²) in [7, 11) is 2.09. The maximum absolute atomic E-state index is 3.36. The van der Waals surface area contributed by atoms with Gasteiger partial charge in [0.2, 0.25) is 0 Å². The molecule has 14 heavy (non-hydrogen) atoms. The van der Waals surface area contributed by atoms with E-state index in [9.17, 15) is 0 Å². The summed E-state index contributed by atoms with van der Waals surface area (Å²) >= 11 is 0. The zero-order valence-electron chi connectivity index (χ0n) is 10.4. The molecule has 1 aliphatic rings. The smallest absolute Gasteiger partial charge is 0.000747 e. The first-order valence-electron chi connectivity index (χ1n) is 6.33. The summed E-state index contributed by atoms with van der Waals surface area (Å²) in [5.74, 6) is 1.96. The molecule has 1 fully saturated rings. The summed E-state index contributed by atoms with van der Waals surface area (Å²) in [5.41, 5.74) is 0.677. The average Bonchev–Trinajstić information content (AvgIpc) is 2.80. The van der Waals surface area contributed by atoms with Gasteiger partial charge in [0.1, 0.15) is 0 Å². The normalized spacial score (nSPS) is 33.0. The minimum Gasteiger partial charge on any atom is -0.319 e. The van der Waals surface area contributed by atoms with Crippen LogP contribution in [0.2, 0.25) is 0 Å². The molecule has 0 amide bonds. The monoisotopic (exact) mass is 197 g/mol. The van der Waals surface area contributed by atoms with Crippen molar-refractivity contribution in [3.8, 4) is 0 Å². The Bertz CT molecular complexity index is 167. The lowest BCUT2D eigenvalue weighted by molar-refractivity contribution is 0.363. The fourth-order valence-electron chi connectivity index (χ4n) is 2.99. The van der Waals surface area contributed by atoms with E-state index in [2.05, 4.69) is 33.1 Å². The lowest BCUT2D eigenvalue weighted by Gasteiger charge is -2.16. The fourth-order valence-corrected chi connectivity index (χ4v) is 2.99. The van der Waals surface area contributed by atoms with Crippen molar-refractivity contribution < 1.29 is 0 Å². The molecule has 0 bridgehead atoms. The molecular weight excluding hydrogens is 170 g/mol. The van der Waals surface area contributed by atoms with Crippen molar-refractivity contribution in [1.82, 2.24) is 5.32 Å². The van der Waals surface area contributed by atoms with Crippen LogP contribution in [0.15, 0.2) is 0 Å². The summed E-state index contributed by atoms with van der Waals surface area (Å²) < 4.78 is 0. The third kappa shape index (κ3) is 2.73. The van der Waals surface area contributed by atoms with Crippen LogP contribution in [-0.4, -0.2) is 13.6 Å². The van der Waals surface area contributed by atoms with Crippen molar-refractivity contribution in [3.63, 3.8) is 0 Å². The van der Waals surface area contributed by atoms with E-state index < -0.39 is 0 Å². The maximum Gasteiger partial charge on any atom is 0.000747 e. The molecule has 0 aromatic heterocycles. The standard InChI is InChI=1S/C13H27N/c1-5-7-11(3)8-12-9-13(12,6-2)10-14-4/h11-12,14H,5-10H2,1-4H3/t11?,12?,13-/m1/s1. The Hall–Kier alpha value is -0.0400. The Morgan fingerprint density at radius 3 is 2.64 bits per heavy atom. The molecule has 1 saturated carbocycles. The van der Waals surface area contributed by atoms with Crippen LogP contribution in [0.5, 0.6) is 0 Å². The van der Waals surface area contributed by atoms with Gasteiger partial charge in [0.25, 0.3) is 0 Å². The number of nitrogens with one attached hydrogen (secondary N) is 1. The first-order chi connectivity index (χ1) is 6.68. The van der Waals surface area contributed by atoms with Gasteiger partial charge in [-0.25, -0.2) is 0 Å². The molecule has 0 aromatic rings. The highest BCUT2D eigenvalue weighted by Crippen LogP contribution is 2.57. The third-order valence-electron chi connectivity index (χ3n) is 4.06. The van der Waals surface area contributed by atoms with Gasteiger partial charge in [-0.15, -0.1) is 0 Å². The molecule has 1 nitrogen and oxygen atoms in total. The van der Waals surface area contributed by atoms with Crippen LogP contribution in [0.4, 0.5) is 0 Å². The summed E-state index contributed by atoms with van der Waals surface area (Å²) in [6, 6.07) is 0. The SMILES string of the molecule is CCCC(C)CC1C[C@]1(CC)CNC. The highest BCUT2D eigenvalue weighted by molar-refractivity contribution is 5.02. The molecular formula is C13H27N. The van der Waals surface area contributed by atoms with Crippen molar-refractivity contribution in [2.45, 2.75) is 52.9 Å². The van der Waals surface area contributed by atoms with Gasteiger partial charge in [-0.05, 0) is 43.6 Å². The van der Waals surface area contributed by atoms with E-state index in [1.807, 2.05) is 0 Å². The molecule has 1 N–H and O–H groups in total. The Balaban J connectivity index is 2.28. The molecule has 1 aliphatic carbocycles. The number of hydrogen-bond acceptors (Lipinski definition) is 1. The molecule has 84 valence electrons. The molecule has 0 spiro atoms. The molecule has 2 unspecified atom stereocenters. The molecule has 0 aliphatic heterocycles. The van der Waals surface area contributed by atoms with Crippen molar-refractivity contribution in [1.29, 1.82) is 0 Å². The molecule has 0 heterocycles. The zero-order chi connectivity index (χ0) is 10.6. The quantitative estimate of drug-likeness (QED) is 0.659. The van der Waals surface area contributed by atoms with Crippen molar-refractivity contribution >= 4 is 0 Å². The second-order valence-electron chi connectivity index (χ2n) is 5.28. The third-order valence-corrected chi connectivity index (χ3v) is 4.06. The molecule has 1 heteroatoms. The van der Waals surface area contributed by atoms with Gasteiger partial charge in [0.05, 0.1) is 0 Å². The lowest BCUT2D eigenvalue weighted by Crippen LogP contribution is -2.21. The second kappa shape index (κ2) is 5.16. The summed E-state index contributed by atoms with van der Waals surface area (Å²) in [4.78, 5) is 0. The number of rotatable bonds is 7. The first-order valence-corrected chi connectivity index (χ1v) is 6.33. The largest absolute Gasteiger partial charge is 0.319 e. The van der Waals surface area contributed by atoms with Gasteiger partial charge in [-0.1, -0.05) is 33.6 Å². The minimum atomic E-state index is 0.677. The summed E-state index contributed by atoms with van der Waals surface area (Å²) in [6.45, 7) is 8.29. The molecule has 0 aromatic carbocycles. The molecule has 1 rings (SSSR count). The zero-order valence-corrected chi connectivity index (χ0v) is 10.4. The van der Waals surface area contributed by atoms with E-state index in [0.717, 1.165) is 11.8 Å². The van der Waals surface area contributed by atoms with Crippen LogP contribution in [0, 0.1) is 17.3 Å². The predicted octanol–water partition coefficient (Wildman–Crippen LogP) is 3.45. The first kappa shape index (κ1) is 12.0. The van der Waals surface area contributed by atoms with Gasteiger partial charge in [-0.2, -0.15) is 0 Å². The van der Waals surface area contributed by atoms with Crippen LogP contribution in [0.25, 0.3) is 0 Å². The van der Waals surface area contributed by atoms with E-state index in [-0.39, 0.29) is 0 Å². The van der Waals surface area contributed by atoms with Crippen LogP contribution >= 0.6 is 0 Å². The van der Waals surface area contributed by atoms with Crippen LogP contribution in [0.1, 0.15) is 52.9 Å². The second-order valence-corrected chi connectivity index (χ2v) is 5.28. The predicted molar refractivity (Wildman–Crippen MR) is 63.4 cm³/mol. The van der Waals surface area contributed by atoms with Gasteiger partial charge in [0, 0.05) is 6.54 Å². The lowest BCUT2D eigenvalue weighted by atomic mass is 9.92. The Kier molecular flexibility index (Phi) is 4.43. The van der Waals surface area contributed by atoms with Gasteiger partial charge in [0.15, 0.2) is 0 Å². The van der Waals surface area contributed by atoms with Gasteiger partial charge < -0.3 is 5.32 Å². The average molecular weight is 197 g/mol. The minimum absolute atomic E-state index is 0.677. The topological polar surface area (TPSA) is 12.0 Å². The molecule has 0 radical (unpaired) electrons. The Morgan fingerprint density at radius 2 is 2.14 bits per heavy atom. The van der Waals surface area contributed by atoms with Gasteiger partial charge >= 0.3 is 0 Å². The van der Waals surface area contributed by atoms with Crippen LogP contribution in [-0.2, 0) is 0 Å². The summed E-state index contributed by atoms with van der Waals surface area (Å²) in [5, 5.41) is 3.36. The number of hydrogen-bond donors (Lipinski definition) is 1. The van der Waals surface area contributed by atoms with E-state index in [1.165, 1.54) is 38.6 Å². The van der Waals surface area contributed by atoms with Crippen molar-refractivity contribution in [2.24, 2.45) is 17.3 Å². The molecule has 0 saturated heterocycles. The van der Waals surface area contributed by atoms with E-state index in [0.29, 0.717) is 5.41 Å². The van der Waals surface area contributed by atoms with E-state index >= 15 is 0 Å². The fraction of sp³-hybridized carbons (Fsp3) is 1.00. The van der Waals surface area contributed by atoms with Crippen LogP contribution in [0.3, 0.4) is 0 Å².